The van der Waals surface area contributed by atoms with E-state index in [4.69, 9.17) is 4.74 Å². The van der Waals surface area contributed by atoms with Gasteiger partial charge in [0.1, 0.15) is 0 Å². The maximum Gasteiger partial charge on any atom is 0.245 e. The van der Waals surface area contributed by atoms with Crippen LogP contribution >= 0.6 is 11.3 Å². The van der Waals surface area contributed by atoms with Crippen LogP contribution in [-0.2, 0) is 11.2 Å². The maximum atomic E-state index is 11.7. The molecule has 1 heterocycles. The van der Waals surface area contributed by atoms with E-state index in [0.29, 0.717) is 17.9 Å². The number of carbonyl (C=O) groups is 1. The minimum Gasteiger partial charge on any atom is -0.504 e. The Balaban J connectivity index is 2.02. The van der Waals surface area contributed by atoms with E-state index < -0.39 is 0 Å². The van der Waals surface area contributed by atoms with Crippen LogP contribution in [0.4, 0.5) is 0 Å². The Morgan fingerprint density at radius 3 is 2.90 bits per heavy atom. The van der Waals surface area contributed by atoms with Crippen molar-refractivity contribution in [2.24, 2.45) is 5.10 Å². The van der Waals surface area contributed by atoms with Crippen molar-refractivity contribution in [2.75, 3.05) is 7.11 Å². The molecule has 0 unspecified atom stereocenters. The van der Waals surface area contributed by atoms with E-state index in [2.05, 4.69) is 10.5 Å². The molecule has 0 aliphatic rings. The third kappa shape index (κ3) is 4.06. The van der Waals surface area contributed by atoms with Gasteiger partial charge in [-0.25, -0.2) is 5.43 Å². The lowest BCUT2D eigenvalue weighted by Crippen LogP contribution is -2.20. The first-order valence-corrected chi connectivity index (χ1v) is 7.21. The first-order chi connectivity index (χ1) is 10.1. The maximum absolute atomic E-state index is 11.7. The molecule has 110 valence electrons. The van der Waals surface area contributed by atoms with Gasteiger partial charge in [0, 0.05) is 10.4 Å². The van der Waals surface area contributed by atoms with Gasteiger partial charge in [-0.15, -0.1) is 11.3 Å². The molecule has 0 bridgehead atoms. The number of hydrogen-bond acceptors (Lipinski definition) is 5. The minimum atomic E-state index is -0.164. The van der Waals surface area contributed by atoms with Crippen LogP contribution in [0, 0.1) is 0 Å². The molecule has 6 heteroatoms. The molecule has 0 spiro atoms. The molecule has 1 aromatic carbocycles. The van der Waals surface area contributed by atoms with E-state index >= 15 is 0 Å². The Bertz CT molecular complexity index is 651. The number of benzene rings is 1. The molecule has 2 aromatic rings. The van der Waals surface area contributed by atoms with Crippen molar-refractivity contribution in [1.82, 2.24) is 5.43 Å². The number of rotatable bonds is 5. The highest BCUT2D eigenvalue weighted by atomic mass is 32.1. The fourth-order valence-electron chi connectivity index (χ4n) is 1.72. The van der Waals surface area contributed by atoms with Crippen LogP contribution in [-0.4, -0.2) is 23.8 Å². The molecule has 0 fully saturated rings. The number of hydrazone groups is 1. The fraction of sp³-hybridized carbons (Fsp3) is 0.200. The zero-order valence-corrected chi connectivity index (χ0v) is 12.6. The van der Waals surface area contributed by atoms with Gasteiger partial charge in [-0.2, -0.15) is 5.10 Å². The van der Waals surface area contributed by atoms with Crippen LogP contribution in [0.25, 0.3) is 0 Å². The number of hydrogen-bond donors (Lipinski definition) is 2. The summed E-state index contributed by atoms with van der Waals surface area (Å²) < 4.78 is 5.04. The Morgan fingerprint density at radius 1 is 1.43 bits per heavy atom. The summed E-state index contributed by atoms with van der Waals surface area (Å²) in [6.07, 6.45) is 0.313. The molecule has 0 aliphatic heterocycles. The number of aromatic hydroxyl groups is 1. The van der Waals surface area contributed by atoms with E-state index in [1.807, 2.05) is 17.5 Å². The lowest BCUT2D eigenvalue weighted by Gasteiger charge is -2.06. The van der Waals surface area contributed by atoms with Crippen molar-refractivity contribution >= 4 is 23.0 Å². The lowest BCUT2D eigenvalue weighted by molar-refractivity contribution is -0.120. The highest BCUT2D eigenvalue weighted by Gasteiger charge is 2.06. The standard InChI is InChI=1S/C15H16N2O3S/c1-10(11-5-6-13(18)14(8-11)20-2)16-17-15(19)9-12-4-3-7-21-12/h3-8,18H,9H2,1-2H3,(H,17,19). The van der Waals surface area contributed by atoms with Crippen molar-refractivity contribution in [3.8, 4) is 11.5 Å². The van der Waals surface area contributed by atoms with Gasteiger partial charge in [-0.05, 0) is 36.6 Å². The molecule has 0 atom stereocenters. The summed E-state index contributed by atoms with van der Waals surface area (Å²) in [7, 11) is 1.48. The van der Waals surface area contributed by atoms with E-state index in [1.165, 1.54) is 24.5 Å². The number of phenols is 1. The van der Waals surface area contributed by atoms with Gasteiger partial charge in [0.15, 0.2) is 11.5 Å². The predicted octanol–water partition coefficient (Wildman–Crippen LogP) is 2.55. The van der Waals surface area contributed by atoms with E-state index in [1.54, 1.807) is 19.1 Å². The van der Waals surface area contributed by atoms with E-state index in [-0.39, 0.29) is 11.7 Å². The molecule has 0 saturated heterocycles. The smallest absolute Gasteiger partial charge is 0.245 e. The second kappa shape index (κ2) is 6.90. The summed E-state index contributed by atoms with van der Waals surface area (Å²) >= 11 is 1.53. The van der Waals surface area contributed by atoms with Crippen LogP contribution in [0.1, 0.15) is 17.4 Å². The zero-order chi connectivity index (χ0) is 15.2. The van der Waals surface area contributed by atoms with Crippen LogP contribution in [0.2, 0.25) is 0 Å². The van der Waals surface area contributed by atoms with Crippen molar-refractivity contribution in [1.29, 1.82) is 0 Å². The summed E-state index contributed by atoms with van der Waals surface area (Å²) in [5, 5.41) is 15.5. The average molecular weight is 304 g/mol. The highest BCUT2D eigenvalue weighted by molar-refractivity contribution is 7.10. The Labute approximate surface area is 126 Å². The molecular formula is C15H16N2O3S. The number of thiophene rings is 1. The number of amides is 1. The Morgan fingerprint density at radius 2 is 2.24 bits per heavy atom. The molecule has 1 amide bonds. The third-order valence-electron chi connectivity index (χ3n) is 2.86. The number of phenolic OH excluding ortho intramolecular Hbond substituents is 1. The van der Waals surface area contributed by atoms with Gasteiger partial charge in [-0.1, -0.05) is 6.07 Å². The molecule has 0 radical (unpaired) electrons. The van der Waals surface area contributed by atoms with Crippen LogP contribution < -0.4 is 10.2 Å². The topological polar surface area (TPSA) is 70.9 Å². The van der Waals surface area contributed by atoms with Crippen molar-refractivity contribution in [3.05, 3.63) is 46.2 Å². The molecule has 1 aromatic heterocycles. The molecule has 0 saturated carbocycles. The van der Waals surface area contributed by atoms with Crippen LogP contribution in [0.15, 0.2) is 40.8 Å². The second-order valence-electron chi connectivity index (χ2n) is 4.37. The number of nitrogens with zero attached hydrogens (tertiary/aromatic N) is 1. The molecule has 2 rings (SSSR count). The van der Waals surface area contributed by atoms with Crippen LogP contribution in [0.3, 0.4) is 0 Å². The normalized spacial score (nSPS) is 11.2. The minimum absolute atomic E-state index is 0.0655. The molecular weight excluding hydrogens is 288 g/mol. The number of methoxy groups -OCH3 is 1. The average Bonchev–Trinajstić information content (AvgIpc) is 2.98. The van der Waals surface area contributed by atoms with Gasteiger partial charge in [-0.3, -0.25) is 4.79 Å². The first-order valence-electron chi connectivity index (χ1n) is 6.33. The van der Waals surface area contributed by atoms with Crippen molar-refractivity contribution in [3.63, 3.8) is 0 Å². The first kappa shape index (κ1) is 15.1. The highest BCUT2D eigenvalue weighted by Crippen LogP contribution is 2.26. The van der Waals surface area contributed by atoms with E-state index in [9.17, 15) is 9.90 Å². The molecule has 2 N–H and O–H groups in total. The zero-order valence-electron chi connectivity index (χ0n) is 11.8. The quantitative estimate of drug-likeness (QED) is 0.659. The fourth-order valence-corrected chi connectivity index (χ4v) is 2.43. The van der Waals surface area contributed by atoms with E-state index in [0.717, 1.165) is 10.4 Å². The summed E-state index contributed by atoms with van der Waals surface area (Å²) in [4.78, 5) is 12.7. The van der Waals surface area contributed by atoms with Gasteiger partial charge in [0.25, 0.3) is 0 Å². The van der Waals surface area contributed by atoms with Crippen molar-refractivity contribution in [2.45, 2.75) is 13.3 Å². The summed E-state index contributed by atoms with van der Waals surface area (Å²) in [5.74, 6) is 0.269. The third-order valence-corrected chi connectivity index (χ3v) is 3.74. The summed E-state index contributed by atoms with van der Waals surface area (Å²) in [6, 6.07) is 8.72. The summed E-state index contributed by atoms with van der Waals surface area (Å²) in [6.45, 7) is 1.78. The Kier molecular flexibility index (Phi) is 4.94. The number of nitrogens with one attached hydrogen (secondary N) is 1. The molecule has 21 heavy (non-hydrogen) atoms. The van der Waals surface area contributed by atoms with Gasteiger partial charge < -0.3 is 9.84 Å². The van der Waals surface area contributed by atoms with Gasteiger partial charge >= 0.3 is 0 Å². The molecule has 0 aliphatic carbocycles. The number of ether oxygens (including phenoxy) is 1. The van der Waals surface area contributed by atoms with Crippen LogP contribution in [0.5, 0.6) is 11.5 Å². The largest absolute Gasteiger partial charge is 0.504 e. The molecule has 5 nitrogen and oxygen atoms in total. The monoisotopic (exact) mass is 304 g/mol. The van der Waals surface area contributed by atoms with Crippen molar-refractivity contribution < 1.29 is 14.6 Å². The number of carbonyl (C=O) groups excluding carboxylic acids is 1. The Hall–Kier alpha value is -2.34. The predicted molar refractivity (Wildman–Crippen MR) is 83.0 cm³/mol. The lowest BCUT2D eigenvalue weighted by atomic mass is 10.1. The second-order valence-corrected chi connectivity index (χ2v) is 5.41. The van der Waals surface area contributed by atoms with Gasteiger partial charge in [0.05, 0.1) is 19.2 Å². The summed E-state index contributed by atoms with van der Waals surface area (Å²) in [5.41, 5.74) is 3.92. The SMILES string of the molecule is COc1cc(C(C)=NNC(=O)Cc2cccs2)ccc1O. The van der Waals surface area contributed by atoms with Gasteiger partial charge in [0.2, 0.25) is 5.91 Å².